The molecule has 0 heterocycles. The van der Waals surface area contributed by atoms with Crippen LogP contribution >= 0.6 is 23.2 Å². The summed E-state index contributed by atoms with van der Waals surface area (Å²) in [5, 5.41) is 0.554. The number of rotatable bonds is 3. The Hall–Kier alpha value is -0.930. The molecule has 0 aromatic heterocycles. The highest BCUT2D eigenvalue weighted by Gasteiger charge is 2.17. The molecular weight excluding hydrogens is 247 g/mol. The molecule has 0 spiro atoms. The molecule has 2 N–H and O–H groups in total. The highest BCUT2D eigenvalue weighted by atomic mass is 35.5. The summed E-state index contributed by atoms with van der Waals surface area (Å²) >= 11 is 11.8. The van der Waals surface area contributed by atoms with Crippen molar-refractivity contribution < 1.29 is 4.79 Å². The summed E-state index contributed by atoms with van der Waals surface area (Å²) in [4.78, 5) is 13.6. The zero-order chi connectivity index (χ0) is 12.3. The van der Waals surface area contributed by atoms with E-state index < -0.39 is 0 Å². The van der Waals surface area contributed by atoms with Crippen LogP contribution in [0.15, 0.2) is 12.1 Å². The zero-order valence-corrected chi connectivity index (χ0v) is 10.8. The van der Waals surface area contributed by atoms with E-state index in [4.69, 9.17) is 28.9 Å². The standard InChI is InChI=1S/C11H14Cl2N2O/c1-3-4-15(2)11(16)8-5-7(14)6-9(12)10(8)13/h5-6H,3-4,14H2,1-2H3. The summed E-state index contributed by atoms with van der Waals surface area (Å²) in [6, 6.07) is 3.07. The van der Waals surface area contributed by atoms with Crippen molar-refractivity contribution in [1.29, 1.82) is 0 Å². The van der Waals surface area contributed by atoms with Gasteiger partial charge in [0.1, 0.15) is 0 Å². The maximum atomic E-state index is 12.0. The van der Waals surface area contributed by atoms with Gasteiger partial charge in [0.25, 0.3) is 5.91 Å². The van der Waals surface area contributed by atoms with Crippen molar-refractivity contribution >= 4 is 34.8 Å². The molecule has 0 unspecified atom stereocenters. The second kappa shape index (κ2) is 5.41. The smallest absolute Gasteiger partial charge is 0.255 e. The average molecular weight is 261 g/mol. The van der Waals surface area contributed by atoms with Crippen LogP contribution in [0.25, 0.3) is 0 Å². The van der Waals surface area contributed by atoms with Gasteiger partial charge in [-0.2, -0.15) is 0 Å². The number of benzene rings is 1. The minimum atomic E-state index is -0.166. The average Bonchev–Trinajstić information content (AvgIpc) is 2.22. The Bertz CT molecular complexity index is 407. The van der Waals surface area contributed by atoms with Gasteiger partial charge in [-0.05, 0) is 18.6 Å². The maximum Gasteiger partial charge on any atom is 0.255 e. The fraction of sp³-hybridized carbons (Fsp3) is 0.364. The van der Waals surface area contributed by atoms with Crippen LogP contribution in [0.4, 0.5) is 5.69 Å². The molecule has 0 saturated carbocycles. The van der Waals surface area contributed by atoms with E-state index in [1.54, 1.807) is 18.0 Å². The molecule has 3 nitrogen and oxygen atoms in total. The second-order valence-corrected chi connectivity index (χ2v) is 4.38. The van der Waals surface area contributed by atoms with Gasteiger partial charge in [0.15, 0.2) is 0 Å². The fourth-order valence-electron chi connectivity index (χ4n) is 1.41. The lowest BCUT2D eigenvalue weighted by molar-refractivity contribution is 0.0795. The lowest BCUT2D eigenvalue weighted by Gasteiger charge is -2.17. The molecular formula is C11H14Cl2N2O. The Morgan fingerprint density at radius 2 is 2.06 bits per heavy atom. The van der Waals surface area contributed by atoms with Crippen molar-refractivity contribution in [1.82, 2.24) is 4.90 Å². The first-order valence-corrected chi connectivity index (χ1v) is 5.73. The van der Waals surface area contributed by atoms with Crippen molar-refractivity contribution in [3.63, 3.8) is 0 Å². The van der Waals surface area contributed by atoms with E-state index in [1.165, 1.54) is 6.07 Å². The van der Waals surface area contributed by atoms with Crippen LogP contribution < -0.4 is 5.73 Å². The minimum Gasteiger partial charge on any atom is -0.399 e. The topological polar surface area (TPSA) is 46.3 Å². The van der Waals surface area contributed by atoms with Crippen LogP contribution in [-0.2, 0) is 0 Å². The molecule has 0 atom stereocenters. The number of nitrogens with two attached hydrogens (primary N) is 1. The SMILES string of the molecule is CCCN(C)C(=O)c1cc(N)cc(Cl)c1Cl. The fourth-order valence-corrected chi connectivity index (χ4v) is 1.83. The highest BCUT2D eigenvalue weighted by molar-refractivity contribution is 6.44. The van der Waals surface area contributed by atoms with Gasteiger partial charge in [-0.1, -0.05) is 30.1 Å². The maximum absolute atomic E-state index is 12.0. The number of hydrogen-bond acceptors (Lipinski definition) is 2. The lowest BCUT2D eigenvalue weighted by atomic mass is 10.1. The van der Waals surface area contributed by atoms with Crippen molar-refractivity contribution in [3.05, 3.63) is 27.7 Å². The summed E-state index contributed by atoms with van der Waals surface area (Å²) in [6.07, 6.45) is 0.885. The van der Waals surface area contributed by atoms with E-state index >= 15 is 0 Å². The Labute approximate surface area is 105 Å². The van der Waals surface area contributed by atoms with Gasteiger partial charge in [-0.15, -0.1) is 0 Å². The van der Waals surface area contributed by atoms with E-state index in [0.29, 0.717) is 22.8 Å². The Morgan fingerprint density at radius 1 is 1.44 bits per heavy atom. The second-order valence-electron chi connectivity index (χ2n) is 3.59. The molecule has 1 rings (SSSR count). The Morgan fingerprint density at radius 3 is 2.62 bits per heavy atom. The molecule has 16 heavy (non-hydrogen) atoms. The van der Waals surface area contributed by atoms with Crippen LogP contribution in [-0.4, -0.2) is 24.4 Å². The number of carbonyl (C=O) groups excluding carboxylic acids is 1. The number of halogens is 2. The quantitative estimate of drug-likeness (QED) is 0.850. The molecule has 0 aliphatic carbocycles. The van der Waals surface area contributed by atoms with Gasteiger partial charge in [0.05, 0.1) is 15.6 Å². The molecule has 1 aromatic rings. The van der Waals surface area contributed by atoms with Crippen molar-refractivity contribution in [2.24, 2.45) is 0 Å². The van der Waals surface area contributed by atoms with Crippen LogP contribution in [0.2, 0.25) is 10.0 Å². The van der Waals surface area contributed by atoms with Gasteiger partial charge in [-0.3, -0.25) is 4.79 Å². The molecule has 1 amide bonds. The van der Waals surface area contributed by atoms with E-state index in [9.17, 15) is 4.79 Å². The van der Waals surface area contributed by atoms with E-state index in [0.717, 1.165) is 6.42 Å². The van der Waals surface area contributed by atoms with E-state index in [-0.39, 0.29) is 10.9 Å². The van der Waals surface area contributed by atoms with Crippen LogP contribution in [0.1, 0.15) is 23.7 Å². The lowest BCUT2D eigenvalue weighted by Crippen LogP contribution is -2.27. The summed E-state index contributed by atoms with van der Waals surface area (Å²) < 4.78 is 0. The largest absolute Gasteiger partial charge is 0.399 e. The number of nitrogens with zero attached hydrogens (tertiary/aromatic N) is 1. The molecule has 0 radical (unpaired) electrons. The molecule has 5 heteroatoms. The third kappa shape index (κ3) is 2.80. The van der Waals surface area contributed by atoms with Gasteiger partial charge in [0.2, 0.25) is 0 Å². The number of nitrogen functional groups attached to an aromatic ring is 1. The minimum absolute atomic E-state index is 0.166. The first-order valence-electron chi connectivity index (χ1n) is 4.97. The molecule has 0 bridgehead atoms. The summed E-state index contributed by atoms with van der Waals surface area (Å²) in [5.41, 5.74) is 6.41. The van der Waals surface area contributed by atoms with Crippen molar-refractivity contribution in [2.45, 2.75) is 13.3 Å². The third-order valence-electron chi connectivity index (χ3n) is 2.19. The number of amides is 1. The molecule has 1 aromatic carbocycles. The number of anilines is 1. The zero-order valence-electron chi connectivity index (χ0n) is 9.26. The van der Waals surface area contributed by atoms with E-state index in [1.807, 2.05) is 6.92 Å². The van der Waals surface area contributed by atoms with Gasteiger partial charge in [0, 0.05) is 19.3 Å². The predicted octanol–water partition coefficient (Wildman–Crippen LogP) is 3.06. The Kier molecular flexibility index (Phi) is 4.44. The summed E-state index contributed by atoms with van der Waals surface area (Å²) in [7, 11) is 1.72. The molecule has 88 valence electrons. The number of carbonyl (C=O) groups is 1. The third-order valence-corrected chi connectivity index (χ3v) is 2.99. The molecule has 0 fully saturated rings. The first-order chi connectivity index (χ1) is 7.47. The molecule has 0 saturated heterocycles. The summed E-state index contributed by atoms with van der Waals surface area (Å²) in [6.45, 7) is 2.67. The summed E-state index contributed by atoms with van der Waals surface area (Å²) in [5.74, 6) is -0.166. The van der Waals surface area contributed by atoms with Crippen LogP contribution in [0.3, 0.4) is 0 Å². The number of hydrogen-bond donors (Lipinski definition) is 1. The Balaban J connectivity index is 3.08. The molecule has 0 aliphatic heterocycles. The van der Waals surface area contributed by atoms with Crippen LogP contribution in [0.5, 0.6) is 0 Å². The predicted molar refractivity (Wildman–Crippen MR) is 68.1 cm³/mol. The molecule has 0 aliphatic rings. The van der Waals surface area contributed by atoms with Gasteiger partial charge < -0.3 is 10.6 Å². The monoisotopic (exact) mass is 260 g/mol. The van der Waals surface area contributed by atoms with Gasteiger partial charge in [-0.25, -0.2) is 0 Å². The van der Waals surface area contributed by atoms with E-state index in [2.05, 4.69) is 0 Å². The van der Waals surface area contributed by atoms with Crippen molar-refractivity contribution in [2.75, 3.05) is 19.3 Å². The van der Waals surface area contributed by atoms with Crippen LogP contribution in [0, 0.1) is 0 Å². The highest BCUT2D eigenvalue weighted by Crippen LogP contribution is 2.29. The normalized spacial score (nSPS) is 10.2. The first kappa shape index (κ1) is 13.1. The van der Waals surface area contributed by atoms with Gasteiger partial charge >= 0.3 is 0 Å². The van der Waals surface area contributed by atoms with Crippen molar-refractivity contribution in [3.8, 4) is 0 Å².